The van der Waals surface area contributed by atoms with Crippen molar-refractivity contribution in [3.8, 4) is 5.88 Å². The smallest absolute Gasteiger partial charge is 0.242 e. The molecule has 6 heteroatoms. The van der Waals surface area contributed by atoms with Gasteiger partial charge in [-0.2, -0.15) is 4.98 Å². The van der Waals surface area contributed by atoms with Crippen molar-refractivity contribution < 1.29 is 4.74 Å². The Bertz CT molecular complexity index is 574. The van der Waals surface area contributed by atoms with Crippen LogP contribution >= 0.6 is 15.9 Å². The number of anilines is 2. The molecule has 0 unspecified atom stereocenters. The predicted octanol–water partition coefficient (Wildman–Crippen LogP) is 2.86. The highest BCUT2D eigenvalue weighted by atomic mass is 79.9. The molecule has 2 rings (SSSR count). The minimum Gasteiger partial charge on any atom is -0.476 e. The van der Waals surface area contributed by atoms with Gasteiger partial charge >= 0.3 is 0 Å². The van der Waals surface area contributed by atoms with E-state index in [0.29, 0.717) is 30.5 Å². The fraction of sp³-hybridized carbons (Fsp3) is 0.286. The maximum atomic E-state index is 6.05. The van der Waals surface area contributed by atoms with Crippen LogP contribution in [0.1, 0.15) is 12.5 Å². The molecule has 1 aromatic heterocycles. The molecule has 0 aliphatic carbocycles. The lowest BCUT2D eigenvalue weighted by Gasteiger charge is -2.20. The van der Waals surface area contributed by atoms with Crippen LogP contribution in [0.4, 0.5) is 11.5 Å². The first-order valence-corrected chi connectivity index (χ1v) is 7.10. The minimum absolute atomic E-state index is 0.431. The van der Waals surface area contributed by atoms with Gasteiger partial charge in [-0.25, -0.2) is 4.98 Å². The summed E-state index contributed by atoms with van der Waals surface area (Å²) in [6, 6.07) is 8.14. The fourth-order valence-electron chi connectivity index (χ4n) is 1.87. The van der Waals surface area contributed by atoms with E-state index in [1.54, 1.807) is 0 Å². The molecular weight excluding hydrogens is 320 g/mol. The average Bonchev–Trinajstić information content (AvgIpc) is 2.44. The molecular formula is C14H17BrN4O. The quantitative estimate of drug-likeness (QED) is 0.909. The van der Waals surface area contributed by atoms with E-state index in [4.69, 9.17) is 10.5 Å². The first-order chi connectivity index (χ1) is 9.61. The Balaban J connectivity index is 2.18. The zero-order valence-electron chi connectivity index (χ0n) is 11.5. The summed E-state index contributed by atoms with van der Waals surface area (Å²) in [7, 11) is 1.94. The topological polar surface area (TPSA) is 64.3 Å². The molecule has 0 saturated heterocycles. The van der Waals surface area contributed by atoms with Crippen LogP contribution in [0.25, 0.3) is 0 Å². The largest absolute Gasteiger partial charge is 0.476 e. The van der Waals surface area contributed by atoms with Crippen LogP contribution in [0.5, 0.6) is 5.88 Å². The molecule has 1 heterocycles. The Morgan fingerprint density at radius 3 is 2.60 bits per heavy atom. The van der Waals surface area contributed by atoms with Crippen molar-refractivity contribution in [2.45, 2.75) is 13.5 Å². The second-order valence-electron chi connectivity index (χ2n) is 4.33. The Morgan fingerprint density at radius 1 is 1.25 bits per heavy atom. The van der Waals surface area contributed by atoms with Gasteiger partial charge in [0.25, 0.3) is 0 Å². The third-order valence-corrected chi connectivity index (χ3v) is 3.33. The van der Waals surface area contributed by atoms with Crippen LogP contribution in [0.2, 0.25) is 0 Å². The van der Waals surface area contributed by atoms with E-state index in [1.807, 2.05) is 31.0 Å². The van der Waals surface area contributed by atoms with Crippen molar-refractivity contribution in [1.29, 1.82) is 0 Å². The van der Waals surface area contributed by atoms with Gasteiger partial charge in [0, 0.05) is 18.1 Å². The van der Waals surface area contributed by atoms with Gasteiger partial charge in [-0.3, -0.25) is 0 Å². The van der Waals surface area contributed by atoms with Gasteiger partial charge in [0.1, 0.15) is 12.0 Å². The SMILES string of the molecule is CCOc1ncnc(N(C)Cc2ccc(Br)cc2)c1N. The zero-order valence-corrected chi connectivity index (χ0v) is 13.1. The number of rotatable bonds is 5. The number of nitrogen functional groups attached to an aromatic ring is 1. The highest BCUT2D eigenvalue weighted by Gasteiger charge is 2.13. The minimum atomic E-state index is 0.431. The Kier molecular flexibility index (Phi) is 4.79. The van der Waals surface area contributed by atoms with Crippen molar-refractivity contribution in [1.82, 2.24) is 9.97 Å². The fourth-order valence-corrected chi connectivity index (χ4v) is 2.13. The number of aromatic nitrogens is 2. The van der Waals surface area contributed by atoms with E-state index in [-0.39, 0.29) is 0 Å². The van der Waals surface area contributed by atoms with Gasteiger partial charge in [0.2, 0.25) is 5.88 Å². The standard InChI is InChI=1S/C14H17BrN4O/c1-3-20-14-12(16)13(17-9-18-14)19(2)8-10-4-6-11(15)7-5-10/h4-7,9H,3,8,16H2,1-2H3. The van der Waals surface area contributed by atoms with Crippen LogP contribution in [0, 0.1) is 0 Å². The summed E-state index contributed by atoms with van der Waals surface area (Å²) in [6.07, 6.45) is 1.47. The van der Waals surface area contributed by atoms with Gasteiger partial charge in [-0.15, -0.1) is 0 Å². The molecule has 5 nitrogen and oxygen atoms in total. The van der Waals surface area contributed by atoms with E-state index in [9.17, 15) is 0 Å². The third kappa shape index (κ3) is 3.39. The average molecular weight is 337 g/mol. The van der Waals surface area contributed by atoms with Crippen LogP contribution in [0.3, 0.4) is 0 Å². The van der Waals surface area contributed by atoms with E-state index in [0.717, 1.165) is 4.47 Å². The van der Waals surface area contributed by atoms with Crippen LogP contribution in [0.15, 0.2) is 35.1 Å². The van der Waals surface area contributed by atoms with Crippen LogP contribution in [-0.4, -0.2) is 23.6 Å². The highest BCUT2D eigenvalue weighted by Crippen LogP contribution is 2.28. The molecule has 1 aromatic carbocycles. The molecule has 0 atom stereocenters. The van der Waals surface area contributed by atoms with E-state index in [1.165, 1.54) is 11.9 Å². The summed E-state index contributed by atoms with van der Waals surface area (Å²) in [5, 5.41) is 0. The molecule has 0 aliphatic heterocycles. The molecule has 0 aliphatic rings. The van der Waals surface area contributed by atoms with Crippen LogP contribution < -0.4 is 15.4 Å². The molecule has 0 fully saturated rings. The second-order valence-corrected chi connectivity index (χ2v) is 5.25. The Morgan fingerprint density at radius 2 is 1.95 bits per heavy atom. The number of nitrogens with two attached hydrogens (primary N) is 1. The monoisotopic (exact) mass is 336 g/mol. The Labute approximate surface area is 126 Å². The van der Waals surface area contributed by atoms with Gasteiger partial charge in [0.15, 0.2) is 5.82 Å². The molecule has 0 amide bonds. The molecule has 2 N–H and O–H groups in total. The molecule has 20 heavy (non-hydrogen) atoms. The first kappa shape index (κ1) is 14.6. The highest BCUT2D eigenvalue weighted by molar-refractivity contribution is 9.10. The van der Waals surface area contributed by atoms with Crippen LogP contribution in [-0.2, 0) is 6.54 Å². The molecule has 106 valence electrons. The third-order valence-electron chi connectivity index (χ3n) is 2.80. The van der Waals surface area contributed by atoms with E-state index in [2.05, 4.69) is 38.0 Å². The second kappa shape index (κ2) is 6.56. The predicted molar refractivity (Wildman–Crippen MR) is 83.9 cm³/mol. The van der Waals surface area contributed by atoms with Gasteiger partial charge in [-0.1, -0.05) is 28.1 Å². The summed E-state index contributed by atoms with van der Waals surface area (Å²) in [6.45, 7) is 3.13. The number of halogens is 1. The van der Waals surface area contributed by atoms with Crippen molar-refractivity contribution in [2.75, 3.05) is 24.3 Å². The van der Waals surface area contributed by atoms with Gasteiger partial charge in [-0.05, 0) is 24.6 Å². The lowest BCUT2D eigenvalue weighted by atomic mass is 10.2. The molecule has 0 spiro atoms. The summed E-state index contributed by atoms with van der Waals surface area (Å²) in [5.41, 5.74) is 7.69. The maximum Gasteiger partial charge on any atom is 0.242 e. The number of hydrogen-bond donors (Lipinski definition) is 1. The lowest BCUT2D eigenvalue weighted by Crippen LogP contribution is -2.20. The van der Waals surface area contributed by atoms with Gasteiger partial charge in [0.05, 0.1) is 6.61 Å². The molecule has 0 radical (unpaired) electrons. The maximum absolute atomic E-state index is 6.05. The molecule has 0 saturated carbocycles. The molecule has 0 bridgehead atoms. The normalized spacial score (nSPS) is 10.3. The summed E-state index contributed by atoms with van der Waals surface area (Å²) in [5.74, 6) is 1.10. The summed E-state index contributed by atoms with van der Waals surface area (Å²) < 4.78 is 6.44. The summed E-state index contributed by atoms with van der Waals surface area (Å²) >= 11 is 3.42. The molecule has 2 aromatic rings. The summed E-state index contributed by atoms with van der Waals surface area (Å²) in [4.78, 5) is 10.2. The Hall–Kier alpha value is -1.82. The van der Waals surface area contributed by atoms with E-state index < -0.39 is 0 Å². The van der Waals surface area contributed by atoms with Crippen molar-refractivity contribution >= 4 is 27.4 Å². The lowest BCUT2D eigenvalue weighted by molar-refractivity contribution is 0.328. The number of ether oxygens (including phenoxy) is 1. The van der Waals surface area contributed by atoms with E-state index >= 15 is 0 Å². The first-order valence-electron chi connectivity index (χ1n) is 6.30. The number of nitrogens with zero attached hydrogens (tertiary/aromatic N) is 3. The number of hydrogen-bond acceptors (Lipinski definition) is 5. The van der Waals surface area contributed by atoms with Crippen molar-refractivity contribution in [3.63, 3.8) is 0 Å². The van der Waals surface area contributed by atoms with Crippen molar-refractivity contribution in [2.24, 2.45) is 0 Å². The number of benzene rings is 1. The van der Waals surface area contributed by atoms with Crippen molar-refractivity contribution in [3.05, 3.63) is 40.6 Å². The zero-order chi connectivity index (χ0) is 14.5. The van der Waals surface area contributed by atoms with Gasteiger partial charge < -0.3 is 15.4 Å².